The van der Waals surface area contributed by atoms with Crippen LogP contribution >= 0.6 is 0 Å². The number of rotatable bonds is 9. The average molecular weight is 804 g/mol. The predicted octanol–water partition coefficient (Wildman–Crippen LogP) is 16.8. The third-order valence-corrected chi connectivity index (χ3v) is 13.0. The van der Waals surface area contributed by atoms with Gasteiger partial charge in [-0.1, -0.05) is 231 Å². The van der Waals surface area contributed by atoms with E-state index < -0.39 is 0 Å². The highest BCUT2D eigenvalue weighted by molar-refractivity contribution is 6.01. The molecule has 0 bridgehead atoms. The molecule has 0 aromatic heterocycles. The van der Waals surface area contributed by atoms with E-state index >= 15 is 0 Å². The Balaban J connectivity index is 1.14. The van der Waals surface area contributed by atoms with E-state index in [4.69, 9.17) is 0 Å². The molecule has 1 nitrogen and oxygen atoms in total. The summed E-state index contributed by atoms with van der Waals surface area (Å²) < 4.78 is 0. The maximum Gasteiger partial charge on any atom is 0.0543 e. The number of nitrogens with zero attached hydrogens (tertiary/aromatic N) is 1. The lowest BCUT2D eigenvalue weighted by molar-refractivity contribution is 0.714. The summed E-state index contributed by atoms with van der Waals surface area (Å²) in [6.45, 7) is 2.40. The van der Waals surface area contributed by atoms with E-state index in [1.54, 1.807) is 0 Å². The first-order chi connectivity index (χ1) is 31.2. The second-order valence-electron chi connectivity index (χ2n) is 16.5. The summed E-state index contributed by atoms with van der Waals surface area (Å²) in [6, 6.07) is 92.9. The van der Waals surface area contributed by atoms with Crippen LogP contribution < -0.4 is 4.90 Å². The molecule has 10 aromatic carbocycles. The molecule has 0 amide bonds. The van der Waals surface area contributed by atoms with Crippen LogP contribution in [0.1, 0.15) is 23.6 Å². The molecule has 0 radical (unpaired) electrons. The lowest BCUT2D eigenvalue weighted by atomic mass is 9.74. The average Bonchev–Trinajstić information content (AvgIpc) is 3.64. The minimum absolute atomic E-state index is 0.340. The maximum atomic E-state index is 2.51. The summed E-state index contributed by atoms with van der Waals surface area (Å²) in [5.74, 6) is 0. The molecule has 10 aromatic rings. The van der Waals surface area contributed by atoms with Crippen molar-refractivity contribution < 1.29 is 0 Å². The minimum atomic E-state index is -0.340. The Bertz CT molecular complexity index is 3220. The van der Waals surface area contributed by atoms with Crippen LogP contribution in [0.15, 0.2) is 255 Å². The molecule has 0 fully saturated rings. The first kappa shape index (κ1) is 38.0. The number of benzene rings is 10. The Labute approximate surface area is 370 Å². The van der Waals surface area contributed by atoms with Gasteiger partial charge in [0.05, 0.1) is 11.4 Å². The molecule has 63 heavy (non-hydrogen) atoms. The SMILES string of the molecule is CC1(c2ccccc2)c2ccccc2-c2c(N(c3ccc(-c4ccccc4-c4ccccc4)cc3)c3ccccc3-c3ccccc3-c3ccccc3-c3ccccc3)cccc21. The Hall–Kier alpha value is -8.00. The van der Waals surface area contributed by atoms with Gasteiger partial charge in [0.25, 0.3) is 0 Å². The molecule has 0 saturated carbocycles. The number of anilines is 3. The molecule has 0 saturated heterocycles. The zero-order valence-electron chi connectivity index (χ0n) is 35.2. The van der Waals surface area contributed by atoms with E-state index in [0.29, 0.717) is 0 Å². The highest BCUT2D eigenvalue weighted by Gasteiger charge is 2.42. The standard InChI is InChI=1S/C62H45N/c1-62(47-26-9-4-10-27-47)57-36-19-17-35-56(57)61-58(62)37-21-39-60(61)63(48-42-40-46(41-43-48)50-29-12-11-28-49(50)44-22-5-2-6-23-44)59-38-20-18-34-55(59)54-33-16-15-32-53(54)52-31-14-13-30-51(52)45-24-7-3-8-25-45/h2-43H,1H3. The van der Waals surface area contributed by atoms with Crippen molar-refractivity contribution in [3.05, 3.63) is 271 Å². The van der Waals surface area contributed by atoms with Crippen LogP contribution in [0.4, 0.5) is 17.1 Å². The van der Waals surface area contributed by atoms with Crippen molar-refractivity contribution in [2.75, 3.05) is 4.90 Å². The van der Waals surface area contributed by atoms with Crippen molar-refractivity contribution in [2.45, 2.75) is 12.3 Å². The molecule has 298 valence electrons. The van der Waals surface area contributed by atoms with Crippen molar-refractivity contribution in [2.24, 2.45) is 0 Å². The normalized spacial score (nSPS) is 13.9. The Morgan fingerprint density at radius 1 is 0.270 bits per heavy atom. The fraction of sp³-hybridized carbons (Fsp3) is 0.0323. The van der Waals surface area contributed by atoms with E-state index in [2.05, 4.69) is 267 Å². The van der Waals surface area contributed by atoms with Crippen LogP contribution in [0.5, 0.6) is 0 Å². The molecular formula is C62H45N. The van der Waals surface area contributed by atoms with E-state index in [-0.39, 0.29) is 5.41 Å². The lowest BCUT2D eigenvalue weighted by Gasteiger charge is -2.32. The quantitative estimate of drug-likeness (QED) is 0.140. The fourth-order valence-corrected chi connectivity index (χ4v) is 10.0. The number of para-hydroxylation sites is 1. The van der Waals surface area contributed by atoms with Gasteiger partial charge in [0.2, 0.25) is 0 Å². The minimum Gasteiger partial charge on any atom is -0.309 e. The maximum absolute atomic E-state index is 2.51. The summed E-state index contributed by atoms with van der Waals surface area (Å²) in [7, 11) is 0. The van der Waals surface area contributed by atoms with Gasteiger partial charge in [-0.2, -0.15) is 0 Å². The molecule has 0 heterocycles. The molecule has 11 rings (SSSR count). The summed E-state index contributed by atoms with van der Waals surface area (Å²) in [5.41, 5.74) is 21.4. The zero-order chi connectivity index (χ0) is 42.2. The van der Waals surface area contributed by atoms with Gasteiger partial charge in [0, 0.05) is 22.2 Å². The fourth-order valence-electron chi connectivity index (χ4n) is 10.0. The number of hydrogen-bond donors (Lipinski definition) is 0. The van der Waals surface area contributed by atoms with Crippen molar-refractivity contribution >= 4 is 17.1 Å². The summed E-state index contributed by atoms with van der Waals surface area (Å²) >= 11 is 0. The zero-order valence-corrected chi connectivity index (χ0v) is 35.2. The van der Waals surface area contributed by atoms with Gasteiger partial charge in [-0.05, 0) is 104 Å². The van der Waals surface area contributed by atoms with Crippen molar-refractivity contribution in [3.8, 4) is 66.8 Å². The third kappa shape index (κ3) is 6.58. The first-order valence-electron chi connectivity index (χ1n) is 21.9. The molecule has 0 aliphatic heterocycles. The Morgan fingerprint density at radius 3 is 1.24 bits per heavy atom. The highest BCUT2D eigenvalue weighted by atomic mass is 15.1. The van der Waals surface area contributed by atoms with Crippen LogP contribution in [0.3, 0.4) is 0 Å². The van der Waals surface area contributed by atoms with Crippen LogP contribution in [-0.2, 0) is 5.41 Å². The molecule has 1 aliphatic rings. The van der Waals surface area contributed by atoms with Gasteiger partial charge in [-0.25, -0.2) is 0 Å². The van der Waals surface area contributed by atoms with E-state index in [1.807, 2.05) is 0 Å². The second kappa shape index (κ2) is 16.1. The van der Waals surface area contributed by atoms with E-state index in [9.17, 15) is 0 Å². The van der Waals surface area contributed by atoms with Crippen LogP contribution in [0, 0.1) is 0 Å². The molecule has 1 aliphatic carbocycles. The van der Waals surface area contributed by atoms with Crippen molar-refractivity contribution in [1.29, 1.82) is 0 Å². The molecule has 0 N–H and O–H groups in total. The number of hydrogen-bond acceptors (Lipinski definition) is 1. The van der Waals surface area contributed by atoms with Crippen LogP contribution in [0.25, 0.3) is 66.8 Å². The van der Waals surface area contributed by atoms with Gasteiger partial charge in [0.1, 0.15) is 0 Å². The monoisotopic (exact) mass is 803 g/mol. The van der Waals surface area contributed by atoms with Gasteiger partial charge in [-0.3, -0.25) is 0 Å². The Kier molecular flexibility index (Phi) is 9.71. The van der Waals surface area contributed by atoms with Gasteiger partial charge >= 0.3 is 0 Å². The number of fused-ring (bicyclic) bond motifs is 3. The molecular weight excluding hydrogens is 759 g/mol. The Morgan fingerprint density at radius 2 is 0.651 bits per heavy atom. The van der Waals surface area contributed by atoms with Crippen LogP contribution in [0.2, 0.25) is 0 Å². The van der Waals surface area contributed by atoms with Gasteiger partial charge < -0.3 is 4.90 Å². The first-order valence-corrected chi connectivity index (χ1v) is 21.9. The summed E-state index contributed by atoms with van der Waals surface area (Å²) in [5, 5.41) is 0. The topological polar surface area (TPSA) is 3.24 Å². The molecule has 1 heteroatoms. The van der Waals surface area contributed by atoms with E-state index in [0.717, 1.165) is 22.6 Å². The predicted molar refractivity (Wildman–Crippen MR) is 266 cm³/mol. The largest absolute Gasteiger partial charge is 0.309 e. The molecule has 1 unspecified atom stereocenters. The molecule has 0 spiro atoms. The highest BCUT2D eigenvalue weighted by Crippen LogP contribution is 2.57. The van der Waals surface area contributed by atoms with Crippen molar-refractivity contribution in [3.63, 3.8) is 0 Å². The third-order valence-electron chi connectivity index (χ3n) is 13.0. The van der Waals surface area contributed by atoms with Gasteiger partial charge in [0.15, 0.2) is 0 Å². The van der Waals surface area contributed by atoms with Crippen molar-refractivity contribution in [1.82, 2.24) is 0 Å². The van der Waals surface area contributed by atoms with Gasteiger partial charge in [-0.15, -0.1) is 0 Å². The summed E-state index contributed by atoms with van der Waals surface area (Å²) in [6.07, 6.45) is 0. The second-order valence-corrected chi connectivity index (χ2v) is 16.5. The smallest absolute Gasteiger partial charge is 0.0543 e. The lowest BCUT2D eigenvalue weighted by Crippen LogP contribution is -2.22. The molecule has 1 atom stereocenters. The van der Waals surface area contributed by atoms with E-state index in [1.165, 1.54) is 77.9 Å². The van der Waals surface area contributed by atoms with Crippen LogP contribution in [-0.4, -0.2) is 0 Å². The summed E-state index contributed by atoms with van der Waals surface area (Å²) in [4.78, 5) is 2.51.